The van der Waals surface area contributed by atoms with E-state index in [1.54, 1.807) is 12.1 Å². The van der Waals surface area contributed by atoms with Crippen molar-refractivity contribution >= 4 is 15.9 Å². The van der Waals surface area contributed by atoms with Crippen molar-refractivity contribution in [2.75, 3.05) is 19.6 Å². The van der Waals surface area contributed by atoms with Crippen LogP contribution in [0.4, 0.5) is 0 Å². The summed E-state index contributed by atoms with van der Waals surface area (Å²) in [5.41, 5.74) is 3.60. The summed E-state index contributed by atoms with van der Waals surface area (Å²) >= 11 is 0. The maximum Gasteiger partial charge on any atom is 0.241 e. The molecule has 1 atom stereocenters. The van der Waals surface area contributed by atoms with Crippen molar-refractivity contribution in [2.45, 2.75) is 49.6 Å². The summed E-state index contributed by atoms with van der Waals surface area (Å²) in [7, 11) is -3.70. The van der Waals surface area contributed by atoms with Crippen LogP contribution in [0.2, 0.25) is 0 Å². The van der Waals surface area contributed by atoms with Crippen LogP contribution in [-0.4, -0.2) is 44.9 Å². The van der Waals surface area contributed by atoms with Crippen molar-refractivity contribution in [3.05, 3.63) is 65.2 Å². The smallest absolute Gasteiger partial charge is 0.241 e. The fraction of sp³-hybridized carbons (Fsp3) is 0.435. The van der Waals surface area contributed by atoms with Crippen LogP contribution >= 0.6 is 0 Å². The molecule has 2 aromatic rings. The molecule has 0 bridgehead atoms. The molecule has 1 fully saturated rings. The molecule has 1 saturated heterocycles. The maximum absolute atomic E-state index is 12.6. The lowest BCUT2D eigenvalue weighted by Gasteiger charge is -2.18. The monoisotopic (exact) mass is 427 g/mol. The zero-order valence-corrected chi connectivity index (χ0v) is 18.0. The van der Waals surface area contributed by atoms with E-state index in [2.05, 4.69) is 27.1 Å². The van der Waals surface area contributed by atoms with Gasteiger partial charge in [0.05, 0.1) is 11.4 Å². The van der Waals surface area contributed by atoms with Gasteiger partial charge in [-0.3, -0.25) is 9.69 Å². The molecule has 1 amide bonds. The molecule has 2 aliphatic rings. The van der Waals surface area contributed by atoms with Crippen LogP contribution in [0.3, 0.4) is 0 Å². The number of hydrogen-bond acceptors (Lipinski definition) is 4. The van der Waals surface area contributed by atoms with E-state index in [0.717, 1.165) is 57.3 Å². The number of fused-ring (bicyclic) bond motifs is 1. The number of carbonyl (C=O) groups excluding carboxylic acids is 1. The van der Waals surface area contributed by atoms with Crippen molar-refractivity contribution in [3.63, 3.8) is 0 Å². The highest BCUT2D eigenvalue weighted by molar-refractivity contribution is 7.89. The molecule has 2 N–H and O–H groups in total. The number of nitrogens with zero attached hydrogens (tertiary/aromatic N) is 1. The van der Waals surface area contributed by atoms with E-state index in [9.17, 15) is 13.2 Å². The molecule has 1 aliphatic heterocycles. The minimum Gasteiger partial charge on any atom is -0.351 e. The summed E-state index contributed by atoms with van der Waals surface area (Å²) in [4.78, 5) is 14.9. The van der Waals surface area contributed by atoms with Gasteiger partial charge >= 0.3 is 0 Å². The zero-order valence-electron chi connectivity index (χ0n) is 17.1. The summed E-state index contributed by atoms with van der Waals surface area (Å²) in [6.07, 6.45) is 5.04. The number of rotatable bonds is 7. The highest BCUT2D eigenvalue weighted by Gasteiger charge is 2.25. The van der Waals surface area contributed by atoms with Gasteiger partial charge in [-0.05, 0) is 60.9 Å². The summed E-state index contributed by atoms with van der Waals surface area (Å²) in [5, 5.41) is 2.96. The molecule has 0 aromatic heterocycles. The van der Waals surface area contributed by atoms with Crippen LogP contribution in [0, 0.1) is 0 Å². The average molecular weight is 428 g/mol. The molecule has 160 valence electrons. The first-order chi connectivity index (χ1) is 14.5. The van der Waals surface area contributed by atoms with Gasteiger partial charge in [-0.15, -0.1) is 0 Å². The molecular weight excluding hydrogens is 398 g/mol. The van der Waals surface area contributed by atoms with E-state index in [0.29, 0.717) is 0 Å². The summed E-state index contributed by atoms with van der Waals surface area (Å²) in [6, 6.07) is 15.6. The van der Waals surface area contributed by atoms with Gasteiger partial charge in [0.25, 0.3) is 0 Å². The molecule has 0 radical (unpaired) electrons. The van der Waals surface area contributed by atoms with Crippen molar-refractivity contribution in [2.24, 2.45) is 0 Å². The number of sulfonamides is 1. The minimum atomic E-state index is -3.70. The maximum atomic E-state index is 12.6. The molecular formula is C23H29N3O3S. The lowest BCUT2D eigenvalue weighted by atomic mass is 9.92. The van der Waals surface area contributed by atoms with E-state index >= 15 is 0 Å². The van der Waals surface area contributed by atoms with E-state index < -0.39 is 10.0 Å². The minimum absolute atomic E-state index is 0.0504. The first-order valence-corrected chi connectivity index (χ1v) is 12.1. The van der Waals surface area contributed by atoms with Crippen molar-refractivity contribution < 1.29 is 13.2 Å². The Kier molecular flexibility index (Phi) is 6.51. The number of nitrogens with one attached hydrogen (secondary N) is 2. The van der Waals surface area contributed by atoms with Crippen LogP contribution < -0.4 is 10.0 Å². The molecule has 0 unspecified atom stereocenters. The van der Waals surface area contributed by atoms with Gasteiger partial charge in [0.15, 0.2) is 0 Å². The topological polar surface area (TPSA) is 78.5 Å². The third kappa shape index (κ3) is 5.28. The molecule has 2 aromatic carbocycles. The second-order valence-corrected chi connectivity index (χ2v) is 10.0. The van der Waals surface area contributed by atoms with Crippen LogP contribution in [0.15, 0.2) is 53.4 Å². The number of hydrogen-bond donors (Lipinski definition) is 2. The lowest BCUT2D eigenvalue weighted by molar-refractivity contribution is -0.120. The predicted octanol–water partition coefficient (Wildman–Crippen LogP) is 2.23. The summed E-state index contributed by atoms with van der Waals surface area (Å²) < 4.78 is 27.7. The Hall–Kier alpha value is -2.22. The number of amides is 1. The molecule has 6 nitrogen and oxygen atoms in total. The van der Waals surface area contributed by atoms with E-state index in [4.69, 9.17) is 0 Å². The van der Waals surface area contributed by atoms with Gasteiger partial charge < -0.3 is 5.32 Å². The molecule has 4 rings (SSSR count). The second-order valence-electron chi connectivity index (χ2n) is 8.24. The van der Waals surface area contributed by atoms with Gasteiger partial charge in [0.1, 0.15) is 0 Å². The van der Waals surface area contributed by atoms with E-state index in [1.165, 1.54) is 11.1 Å². The fourth-order valence-electron chi connectivity index (χ4n) is 4.34. The Labute approximate surface area is 178 Å². The fourth-order valence-corrected chi connectivity index (χ4v) is 5.37. The van der Waals surface area contributed by atoms with Crippen molar-refractivity contribution in [1.29, 1.82) is 0 Å². The first kappa shape index (κ1) is 21.0. The van der Waals surface area contributed by atoms with Gasteiger partial charge in [-0.1, -0.05) is 36.4 Å². The SMILES string of the molecule is O=C(CNS(=O)(=O)c1ccc2c(c1)CCCC2)N[C@H]1CCN(Cc2ccccc2)C1. The number of carbonyl (C=O) groups is 1. The van der Waals surface area contributed by atoms with E-state index in [1.807, 2.05) is 24.3 Å². The van der Waals surface area contributed by atoms with Crippen LogP contribution in [0.5, 0.6) is 0 Å². The van der Waals surface area contributed by atoms with Crippen LogP contribution in [0.25, 0.3) is 0 Å². The van der Waals surface area contributed by atoms with Gasteiger partial charge in [0.2, 0.25) is 15.9 Å². The normalized spacial score (nSPS) is 19.4. The summed E-state index contributed by atoms with van der Waals surface area (Å²) in [5.74, 6) is -0.289. The largest absolute Gasteiger partial charge is 0.351 e. The Morgan fingerprint density at radius 2 is 1.80 bits per heavy atom. The zero-order chi connectivity index (χ0) is 21.0. The average Bonchev–Trinajstić information content (AvgIpc) is 3.19. The first-order valence-electron chi connectivity index (χ1n) is 10.7. The Balaban J connectivity index is 1.26. The predicted molar refractivity (Wildman–Crippen MR) is 117 cm³/mol. The van der Waals surface area contributed by atoms with Gasteiger partial charge in [-0.2, -0.15) is 0 Å². The quantitative estimate of drug-likeness (QED) is 0.710. The Morgan fingerprint density at radius 3 is 2.60 bits per heavy atom. The number of likely N-dealkylation sites (tertiary alicyclic amines) is 1. The van der Waals surface area contributed by atoms with Crippen molar-refractivity contribution in [1.82, 2.24) is 14.9 Å². The second kappa shape index (κ2) is 9.29. The number of benzene rings is 2. The Morgan fingerprint density at radius 1 is 1.03 bits per heavy atom. The third-order valence-corrected chi connectivity index (χ3v) is 7.34. The Bertz CT molecular complexity index is 992. The molecule has 0 saturated carbocycles. The highest BCUT2D eigenvalue weighted by atomic mass is 32.2. The molecule has 0 spiro atoms. The molecule has 7 heteroatoms. The van der Waals surface area contributed by atoms with Gasteiger partial charge in [0, 0.05) is 25.7 Å². The number of aryl methyl sites for hydroxylation is 2. The van der Waals surface area contributed by atoms with Crippen LogP contribution in [0.1, 0.15) is 36.0 Å². The highest BCUT2D eigenvalue weighted by Crippen LogP contribution is 2.24. The molecule has 30 heavy (non-hydrogen) atoms. The van der Waals surface area contributed by atoms with Crippen LogP contribution in [-0.2, 0) is 34.2 Å². The molecule has 1 heterocycles. The summed E-state index contributed by atoms with van der Waals surface area (Å²) in [6.45, 7) is 2.31. The van der Waals surface area contributed by atoms with E-state index in [-0.39, 0.29) is 23.4 Å². The standard InChI is InChI=1S/C23H29N3O3S/c27-23(25-21-12-13-26(17-21)16-18-6-2-1-3-7-18)15-24-30(28,29)22-11-10-19-8-4-5-9-20(19)14-22/h1-3,6-7,10-11,14,21,24H,4-5,8-9,12-13,15-17H2,(H,25,27)/t21-/m0/s1. The third-order valence-electron chi connectivity index (χ3n) is 5.94. The van der Waals surface area contributed by atoms with Gasteiger partial charge in [-0.25, -0.2) is 13.1 Å². The lowest BCUT2D eigenvalue weighted by Crippen LogP contribution is -2.43. The molecule has 1 aliphatic carbocycles. The van der Waals surface area contributed by atoms with Crippen molar-refractivity contribution in [3.8, 4) is 0 Å².